The van der Waals surface area contributed by atoms with Crippen molar-refractivity contribution in [2.24, 2.45) is 0 Å². The summed E-state index contributed by atoms with van der Waals surface area (Å²) in [5.74, 6) is -3.72. The molecule has 1 aliphatic rings. The maximum absolute atomic E-state index is 13.2. The molecular weight excluding hydrogens is 461 g/mol. The highest BCUT2D eigenvalue weighted by molar-refractivity contribution is 6.34. The molecule has 11 nitrogen and oxygen atoms in total. The first-order valence-electron chi connectivity index (χ1n) is 11.0. The molecule has 188 valence electrons. The summed E-state index contributed by atoms with van der Waals surface area (Å²) in [7, 11) is 4.24. The Morgan fingerprint density at radius 2 is 1.83 bits per heavy atom. The molecule has 2 aromatic rings. The Hall–Kier alpha value is -3.80. The monoisotopic (exact) mass is 489 g/mol. The van der Waals surface area contributed by atoms with E-state index in [-0.39, 0.29) is 25.6 Å². The van der Waals surface area contributed by atoms with Gasteiger partial charge in [0.1, 0.15) is 17.7 Å². The summed E-state index contributed by atoms with van der Waals surface area (Å²) >= 11 is 0. The van der Waals surface area contributed by atoms with Gasteiger partial charge in [0.15, 0.2) is 5.69 Å². The Kier molecular flexibility index (Phi) is 7.85. The third-order valence-electron chi connectivity index (χ3n) is 5.80. The van der Waals surface area contributed by atoms with Crippen LogP contribution in [0.15, 0.2) is 29.1 Å². The van der Waals surface area contributed by atoms with Crippen molar-refractivity contribution in [2.75, 3.05) is 34.4 Å². The number of aromatic hydroxyl groups is 1. The SMILES string of the molecule is CC[C@H]1COC[C@H](N(C)C(=O)C(=O)N(C)C)c2nc(C(=O)NCc3ccc(F)cc3)c(O)c(=O)n21. The minimum atomic E-state index is -0.972. The lowest BCUT2D eigenvalue weighted by Gasteiger charge is -2.28. The van der Waals surface area contributed by atoms with Gasteiger partial charge in [0.2, 0.25) is 5.75 Å². The van der Waals surface area contributed by atoms with Gasteiger partial charge in [-0.1, -0.05) is 19.1 Å². The number of rotatable bonds is 5. The Labute approximate surface area is 201 Å². The second-order valence-corrected chi connectivity index (χ2v) is 8.38. The number of nitrogens with one attached hydrogen (secondary N) is 1. The highest BCUT2D eigenvalue weighted by atomic mass is 19.1. The summed E-state index contributed by atoms with van der Waals surface area (Å²) in [4.78, 5) is 57.5. The highest BCUT2D eigenvalue weighted by Gasteiger charge is 2.36. The number of hydrogen-bond acceptors (Lipinski definition) is 7. The van der Waals surface area contributed by atoms with Crippen molar-refractivity contribution >= 4 is 17.7 Å². The number of fused-ring (bicyclic) bond motifs is 1. The lowest BCUT2D eigenvalue weighted by molar-refractivity contribution is -0.151. The molecule has 0 spiro atoms. The van der Waals surface area contributed by atoms with Gasteiger partial charge in [0.25, 0.3) is 11.5 Å². The molecule has 12 heteroatoms. The molecule has 2 atom stereocenters. The van der Waals surface area contributed by atoms with Crippen LogP contribution in [-0.4, -0.2) is 76.5 Å². The van der Waals surface area contributed by atoms with E-state index in [9.17, 15) is 28.7 Å². The molecule has 0 saturated carbocycles. The number of nitrogens with zero attached hydrogens (tertiary/aromatic N) is 4. The first-order valence-corrected chi connectivity index (χ1v) is 11.0. The second-order valence-electron chi connectivity index (χ2n) is 8.38. The van der Waals surface area contributed by atoms with E-state index in [1.165, 1.54) is 50.0 Å². The molecule has 0 fully saturated rings. The molecule has 0 unspecified atom stereocenters. The average molecular weight is 490 g/mol. The Morgan fingerprint density at radius 1 is 1.17 bits per heavy atom. The normalized spacial score (nSPS) is 17.2. The first-order chi connectivity index (χ1) is 16.6. The van der Waals surface area contributed by atoms with Gasteiger partial charge in [0, 0.05) is 27.7 Å². The molecule has 1 aromatic heterocycles. The third-order valence-corrected chi connectivity index (χ3v) is 5.80. The van der Waals surface area contributed by atoms with E-state index in [2.05, 4.69) is 10.3 Å². The van der Waals surface area contributed by atoms with Gasteiger partial charge in [-0.2, -0.15) is 0 Å². The fourth-order valence-electron chi connectivity index (χ4n) is 3.69. The zero-order valence-corrected chi connectivity index (χ0v) is 19.9. The first kappa shape index (κ1) is 25.8. The molecule has 3 amide bonds. The van der Waals surface area contributed by atoms with Gasteiger partial charge in [-0.3, -0.25) is 23.7 Å². The lowest BCUT2D eigenvalue weighted by atomic mass is 10.1. The van der Waals surface area contributed by atoms with Crippen LogP contribution in [0, 0.1) is 5.82 Å². The van der Waals surface area contributed by atoms with Crippen LogP contribution in [0.5, 0.6) is 5.75 Å². The van der Waals surface area contributed by atoms with Crippen LogP contribution in [0.4, 0.5) is 4.39 Å². The minimum Gasteiger partial charge on any atom is -0.501 e. The van der Waals surface area contributed by atoms with Crippen molar-refractivity contribution in [1.82, 2.24) is 24.7 Å². The quantitative estimate of drug-likeness (QED) is 0.587. The Morgan fingerprint density at radius 3 is 2.43 bits per heavy atom. The lowest BCUT2D eigenvalue weighted by Crippen LogP contribution is -2.45. The van der Waals surface area contributed by atoms with Crippen molar-refractivity contribution in [3.63, 3.8) is 0 Å². The van der Waals surface area contributed by atoms with Gasteiger partial charge in [-0.15, -0.1) is 0 Å². The van der Waals surface area contributed by atoms with Crippen LogP contribution >= 0.6 is 0 Å². The van der Waals surface area contributed by atoms with E-state index in [1.807, 2.05) is 6.92 Å². The van der Waals surface area contributed by atoms with Crippen molar-refractivity contribution in [3.8, 4) is 5.75 Å². The Balaban J connectivity index is 2.02. The van der Waals surface area contributed by atoms with Gasteiger partial charge < -0.3 is 25.0 Å². The van der Waals surface area contributed by atoms with Gasteiger partial charge in [-0.25, -0.2) is 9.37 Å². The topological polar surface area (TPSA) is 134 Å². The standard InChI is InChI=1S/C23H28FN5O6/c1-5-15-11-35-12-16(28(4)23(34)22(33)27(2)3)19-26-17(18(30)21(32)29(15)19)20(31)25-10-13-6-8-14(24)9-7-13/h6-9,15-16,30H,5,10-12H2,1-4H3,(H,25,31)/t15-,16-/m0/s1. The molecule has 0 saturated heterocycles. The maximum Gasteiger partial charge on any atom is 0.312 e. The van der Waals surface area contributed by atoms with E-state index in [1.54, 1.807) is 0 Å². The summed E-state index contributed by atoms with van der Waals surface area (Å²) < 4.78 is 20.0. The molecule has 0 bridgehead atoms. The smallest absolute Gasteiger partial charge is 0.312 e. The number of hydrogen-bond donors (Lipinski definition) is 2. The summed E-state index contributed by atoms with van der Waals surface area (Å²) in [6, 6.07) is 3.96. The largest absolute Gasteiger partial charge is 0.501 e. The number of aromatic nitrogens is 2. The van der Waals surface area contributed by atoms with Crippen LogP contribution in [0.1, 0.15) is 47.3 Å². The van der Waals surface area contributed by atoms with Crippen LogP contribution in [0.3, 0.4) is 0 Å². The van der Waals surface area contributed by atoms with Crippen molar-refractivity contribution in [2.45, 2.75) is 32.0 Å². The molecular formula is C23H28FN5O6. The highest BCUT2D eigenvalue weighted by Crippen LogP contribution is 2.28. The minimum absolute atomic E-state index is 0.00149. The predicted molar refractivity (Wildman–Crippen MR) is 122 cm³/mol. The molecule has 0 radical (unpaired) electrons. The molecule has 2 heterocycles. The summed E-state index contributed by atoms with van der Waals surface area (Å²) in [6.07, 6.45) is 0.450. The predicted octanol–water partition coefficient (Wildman–Crippen LogP) is 0.587. The summed E-state index contributed by atoms with van der Waals surface area (Å²) in [6.45, 7) is 1.85. The van der Waals surface area contributed by atoms with Crippen LogP contribution < -0.4 is 10.9 Å². The molecule has 3 rings (SSSR count). The number of halogens is 1. The summed E-state index contributed by atoms with van der Waals surface area (Å²) in [5.41, 5.74) is -0.787. The molecule has 1 aromatic carbocycles. The van der Waals surface area contributed by atoms with Crippen molar-refractivity contribution in [1.29, 1.82) is 0 Å². The zero-order valence-electron chi connectivity index (χ0n) is 19.9. The second kappa shape index (κ2) is 10.6. The molecule has 0 aliphatic carbocycles. The Bertz CT molecular complexity index is 1180. The van der Waals surface area contributed by atoms with E-state index < -0.39 is 52.6 Å². The fraction of sp³-hybridized carbons (Fsp3) is 0.435. The molecule has 35 heavy (non-hydrogen) atoms. The molecule has 1 aliphatic heterocycles. The van der Waals surface area contributed by atoms with Gasteiger partial charge in [-0.05, 0) is 24.1 Å². The number of carbonyl (C=O) groups is 3. The van der Waals surface area contributed by atoms with Gasteiger partial charge in [0.05, 0.1) is 19.3 Å². The average Bonchev–Trinajstić information content (AvgIpc) is 3.03. The van der Waals surface area contributed by atoms with E-state index >= 15 is 0 Å². The zero-order chi connectivity index (χ0) is 25.9. The van der Waals surface area contributed by atoms with E-state index in [4.69, 9.17) is 4.74 Å². The number of benzene rings is 1. The van der Waals surface area contributed by atoms with Crippen molar-refractivity contribution in [3.05, 3.63) is 57.5 Å². The number of likely N-dealkylation sites (N-methyl/N-ethyl adjacent to an activating group) is 2. The van der Waals surface area contributed by atoms with Gasteiger partial charge >= 0.3 is 11.8 Å². The van der Waals surface area contributed by atoms with Crippen LogP contribution in [0.25, 0.3) is 0 Å². The van der Waals surface area contributed by atoms with Crippen molar-refractivity contribution < 1.29 is 28.6 Å². The fourth-order valence-corrected chi connectivity index (χ4v) is 3.69. The number of amides is 3. The number of carbonyl (C=O) groups excluding carboxylic acids is 3. The van der Waals surface area contributed by atoms with E-state index in [0.29, 0.717) is 12.0 Å². The third kappa shape index (κ3) is 5.32. The van der Waals surface area contributed by atoms with Crippen LogP contribution in [0.2, 0.25) is 0 Å². The maximum atomic E-state index is 13.2. The number of ether oxygens (including phenoxy) is 1. The van der Waals surface area contributed by atoms with E-state index in [0.717, 1.165) is 9.80 Å². The summed E-state index contributed by atoms with van der Waals surface area (Å²) in [5, 5.41) is 13.1. The van der Waals surface area contributed by atoms with Crippen LogP contribution in [-0.2, 0) is 20.9 Å². The molecule has 2 N–H and O–H groups in total.